The van der Waals surface area contributed by atoms with E-state index in [0.717, 1.165) is 10.9 Å². The highest BCUT2D eigenvalue weighted by molar-refractivity contribution is 7.60. The van der Waals surface area contributed by atoms with Crippen LogP contribution in [0.3, 0.4) is 0 Å². The molecule has 8 N–H and O–H groups in total. The van der Waals surface area contributed by atoms with Crippen LogP contribution in [0.25, 0.3) is 11.2 Å². The predicted octanol–water partition coefficient (Wildman–Crippen LogP) is -2.45. The molecule has 0 saturated carbocycles. The molecule has 1 fully saturated rings. The summed E-state index contributed by atoms with van der Waals surface area (Å²) in [7, 11) is -10.5. The van der Waals surface area contributed by atoms with Crippen molar-refractivity contribution < 1.29 is 47.6 Å². The molecule has 156 valence electrons. The summed E-state index contributed by atoms with van der Waals surface area (Å²) in [5.41, 5.74) is 4.65. The number of aromatic nitrogens is 4. The summed E-state index contributed by atoms with van der Waals surface area (Å²) in [4.78, 5) is 48.1. The first kappa shape index (κ1) is 21.0. The molecule has 16 nitrogen and oxygen atoms in total. The Labute approximate surface area is 154 Å². The molecule has 0 amide bonds. The van der Waals surface area contributed by atoms with E-state index >= 15 is 0 Å². The van der Waals surface area contributed by atoms with Gasteiger partial charge in [0, 0.05) is 0 Å². The zero-order valence-electron chi connectivity index (χ0n) is 13.6. The lowest BCUT2D eigenvalue weighted by Gasteiger charge is -2.17. The number of ether oxygens (including phenoxy) is 1. The van der Waals surface area contributed by atoms with Crippen molar-refractivity contribution in [3.05, 3.63) is 16.7 Å². The second-order valence-electron chi connectivity index (χ2n) is 5.66. The Balaban J connectivity index is 1.79. The van der Waals surface area contributed by atoms with E-state index in [1.165, 1.54) is 0 Å². The average Bonchev–Trinajstić information content (AvgIpc) is 3.06. The van der Waals surface area contributed by atoms with E-state index in [-0.39, 0.29) is 17.1 Å². The van der Waals surface area contributed by atoms with Gasteiger partial charge in [-0.1, -0.05) is 0 Å². The lowest BCUT2D eigenvalue weighted by molar-refractivity contribution is -0.0503. The van der Waals surface area contributed by atoms with Gasteiger partial charge in [0.15, 0.2) is 17.4 Å². The number of aliphatic hydroxyl groups is 2. The number of hydrogen-bond donors (Lipinski definition) is 7. The fourth-order valence-corrected chi connectivity index (χ4v) is 4.15. The first-order chi connectivity index (χ1) is 12.9. The number of H-pyrrole nitrogens is 1. The van der Waals surface area contributed by atoms with Crippen LogP contribution in [0.4, 0.5) is 5.95 Å². The topological polar surface area (TPSA) is 253 Å². The van der Waals surface area contributed by atoms with E-state index in [9.17, 15) is 29.0 Å². The third-order valence-electron chi connectivity index (χ3n) is 3.67. The second kappa shape index (κ2) is 7.27. The number of aromatic amines is 1. The molecule has 18 heteroatoms. The van der Waals surface area contributed by atoms with Crippen LogP contribution in [-0.2, 0) is 22.7 Å². The van der Waals surface area contributed by atoms with Crippen LogP contribution in [0.2, 0.25) is 0 Å². The molecule has 0 spiro atoms. The fraction of sp³-hybridized carbons (Fsp3) is 0.500. The standard InChI is InChI=1S/C10H15N5O11P2/c11-10-13-7-4(8(18)14-10)12-2-15(7)9-6(17)5(16)3(25-9)1-24-28(22,23)26-27(19,20)21/h2-3,5-6,9,16-17H,1H2,(H,22,23)(H2,19,20,21)(H3,11,13,14,18)/t3-,5+,6+,9-/m1/s1. The molecule has 0 aliphatic carbocycles. The van der Waals surface area contributed by atoms with E-state index in [4.69, 9.17) is 20.3 Å². The number of anilines is 1. The van der Waals surface area contributed by atoms with Crippen LogP contribution < -0.4 is 11.3 Å². The molecular formula is C10H15N5O11P2. The van der Waals surface area contributed by atoms with Gasteiger partial charge in [-0.05, 0) is 0 Å². The van der Waals surface area contributed by atoms with Gasteiger partial charge in [0.25, 0.3) is 5.56 Å². The quantitative estimate of drug-likeness (QED) is 0.229. The first-order valence-electron chi connectivity index (χ1n) is 7.36. The smallest absolute Gasteiger partial charge is 0.387 e. The van der Waals surface area contributed by atoms with Crippen molar-refractivity contribution in [1.29, 1.82) is 0 Å². The number of phosphoric acid groups is 2. The minimum atomic E-state index is -5.32. The third-order valence-corrected chi connectivity index (χ3v) is 5.83. The molecule has 0 bridgehead atoms. The normalized spacial score (nSPS) is 27.9. The van der Waals surface area contributed by atoms with Gasteiger partial charge in [0.05, 0.1) is 12.9 Å². The SMILES string of the molecule is Nc1nc2c(ncn2[C@@H]2O[C@H](COP(=O)(O)OP(=O)(O)O)[C@H](O)[C@@H]2O)c(=O)[nH]1. The van der Waals surface area contributed by atoms with E-state index < -0.39 is 52.4 Å². The number of hydrogen-bond acceptors (Lipinski definition) is 11. The number of phosphoric ester groups is 1. The predicted molar refractivity (Wildman–Crippen MR) is 87.4 cm³/mol. The number of imidazole rings is 1. The number of rotatable bonds is 6. The number of aliphatic hydroxyl groups excluding tert-OH is 2. The van der Waals surface area contributed by atoms with Gasteiger partial charge < -0.3 is 35.4 Å². The van der Waals surface area contributed by atoms with Gasteiger partial charge in [0.1, 0.15) is 18.3 Å². The van der Waals surface area contributed by atoms with Crippen LogP contribution in [-0.4, -0.2) is 69.3 Å². The van der Waals surface area contributed by atoms with Crippen LogP contribution in [0, 0.1) is 0 Å². The van der Waals surface area contributed by atoms with Gasteiger partial charge in [-0.2, -0.15) is 9.29 Å². The monoisotopic (exact) mass is 443 g/mol. The van der Waals surface area contributed by atoms with E-state index in [1.807, 2.05) is 0 Å². The summed E-state index contributed by atoms with van der Waals surface area (Å²) < 4.78 is 36.6. The molecule has 28 heavy (non-hydrogen) atoms. The highest BCUT2D eigenvalue weighted by Gasteiger charge is 2.46. The summed E-state index contributed by atoms with van der Waals surface area (Å²) in [6.45, 7) is -0.870. The summed E-state index contributed by atoms with van der Waals surface area (Å²) >= 11 is 0. The van der Waals surface area contributed by atoms with Gasteiger partial charge in [-0.15, -0.1) is 0 Å². The van der Waals surface area contributed by atoms with Gasteiger partial charge in [0.2, 0.25) is 5.95 Å². The van der Waals surface area contributed by atoms with Crippen molar-refractivity contribution in [3.8, 4) is 0 Å². The van der Waals surface area contributed by atoms with Gasteiger partial charge >= 0.3 is 15.6 Å². The van der Waals surface area contributed by atoms with E-state index in [1.54, 1.807) is 0 Å². The zero-order valence-corrected chi connectivity index (χ0v) is 15.4. The molecule has 1 unspecified atom stereocenters. The molecule has 0 aromatic carbocycles. The highest BCUT2D eigenvalue weighted by atomic mass is 31.3. The van der Waals surface area contributed by atoms with Gasteiger partial charge in [-0.3, -0.25) is 18.9 Å². The van der Waals surface area contributed by atoms with E-state index in [0.29, 0.717) is 0 Å². The lowest BCUT2D eigenvalue weighted by Crippen LogP contribution is -2.33. The van der Waals surface area contributed by atoms with Crippen molar-refractivity contribution >= 4 is 32.8 Å². The maximum absolute atomic E-state index is 11.8. The summed E-state index contributed by atoms with van der Waals surface area (Å²) in [6.07, 6.45) is -4.88. The molecule has 5 atom stereocenters. The highest BCUT2D eigenvalue weighted by Crippen LogP contribution is 2.57. The molecule has 2 aromatic rings. The third kappa shape index (κ3) is 4.31. The molecule has 1 saturated heterocycles. The average molecular weight is 443 g/mol. The second-order valence-corrected chi connectivity index (χ2v) is 8.49. The summed E-state index contributed by atoms with van der Waals surface area (Å²) in [5, 5.41) is 20.3. The molecule has 1 aliphatic rings. The minimum absolute atomic E-state index is 0.0586. The van der Waals surface area contributed by atoms with Crippen LogP contribution >= 0.6 is 15.6 Å². The maximum Gasteiger partial charge on any atom is 0.481 e. The van der Waals surface area contributed by atoms with Crippen LogP contribution in [0.5, 0.6) is 0 Å². The summed E-state index contributed by atoms with van der Waals surface area (Å²) in [5.74, 6) is -0.233. The Morgan fingerprint density at radius 2 is 1.96 bits per heavy atom. The van der Waals surface area contributed by atoms with Crippen molar-refractivity contribution in [2.45, 2.75) is 24.5 Å². The zero-order chi connectivity index (χ0) is 20.9. The van der Waals surface area contributed by atoms with Crippen molar-refractivity contribution in [2.75, 3.05) is 12.3 Å². The Morgan fingerprint density at radius 3 is 2.61 bits per heavy atom. The minimum Gasteiger partial charge on any atom is -0.387 e. The Bertz CT molecular complexity index is 1030. The largest absolute Gasteiger partial charge is 0.481 e. The van der Waals surface area contributed by atoms with Crippen molar-refractivity contribution in [2.24, 2.45) is 0 Å². The lowest BCUT2D eigenvalue weighted by atomic mass is 10.1. The first-order valence-corrected chi connectivity index (χ1v) is 10.4. The molecule has 3 rings (SSSR count). The summed E-state index contributed by atoms with van der Waals surface area (Å²) in [6, 6.07) is 0. The molecule has 3 heterocycles. The Morgan fingerprint density at radius 1 is 1.29 bits per heavy atom. The van der Waals surface area contributed by atoms with Crippen LogP contribution in [0.1, 0.15) is 6.23 Å². The maximum atomic E-state index is 11.8. The fourth-order valence-electron chi connectivity index (χ4n) is 2.55. The molecule has 0 radical (unpaired) electrons. The van der Waals surface area contributed by atoms with E-state index in [2.05, 4.69) is 23.8 Å². The molecule has 1 aliphatic heterocycles. The van der Waals surface area contributed by atoms with Crippen molar-refractivity contribution in [3.63, 3.8) is 0 Å². The Kier molecular flexibility index (Phi) is 5.46. The number of nitrogens with one attached hydrogen (secondary N) is 1. The van der Waals surface area contributed by atoms with Gasteiger partial charge in [-0.25, -0.2) is 14.1 Å². The number of nitrogens with two attached hydrogens (primary N) is 1. The number of fused-ring (bicyclic) bond motifs is 1. The van der Waals surface area contributed by atoms with Crippen LogP contribution in [0.15, 0.2) is 11.1 Å². The Hall–Kier alpha value is -1.71. The van der Waals surface area contributed by atoms with Crippen molar-refractivity contribution in [1.82, 2.24) is 19.5 Å². The molecular weight excluding hydrogens is 428 g/mol. The number of nitrogen functional groups attached to an aromatic ring is 1. The number of nitrogens with zero attached hydrogens (tertiary/aromatic N) is 3. The molecule has 2 aromatic heterocycles.